The first-order chi connectivity index (χ1) is 9.11. The average Bonchev–Trinajstić information content (AvgIpc) is 2.76. The van der Waals surface area contributed by atoms with E-state index >= 15 is 0 Å². The molecule has 0 aliphatic rings. The van der Waals surface area contributed by atoms with Crippen molar-refractivity contribution >= 4 is 5.91 Å². The van der Waals surface area contributed by atoms with E-state index < -0.39 is 0 Å². The van der Waals surface area contributed by atoms with Gasteiger partial charge in [0.15, 0.2) is 0 Å². The van der Waals surface area contributed by atoms with Crippen molar-refractivity contribution < 1.29 is 4.79 Å². The van der Waals surface area contributed by atoms with Gasteiger partial charge in [-0.15, -0.1) is 0 Å². The molecule has 0 fully saturated rings. The van der Waals surface area contributed by atoms with Crippen LogP contribution in [0.1, 0.15) is 47.4 Å². The summed E-state index contributed by atoms with van der Waals surface area (Å²) in [4.78, 5) is 12.3. The van der Waals surface area contributed by atoms with Gasteiger partial charge in [-0.25, -0.2) is 4.68 Å². The maximum atomic E-state index is 12.3. The third-order valence-electron chi connectivity index (χ3n) is 3.43. The summed E-state index contributed by atoms with van der Waals surface area (Å²) in [5, 5.41) is 4.26. The van der Waals surface area contributed by atoms with Crippen LogP contribution in [-0.2, 0) is 0 Å². The van der Waals surface area contributed by atoms with E-state index in [1.54, 1.807) is 0 Å². The van der Waals surface area contributed by atoms with Crippen molar-refractivity contribution in [2.45, 2.75) is 39.5 Å². The number of aryl methyl sites for hydroxylation is 2. The fourth-order valence-electron chi connectivity index (χ4n) is 2.40. The summed E-state index contributed by atoms with van der Waals surface area (Å²) in [5.41, 5.74) is 3.02. The van der Waals surface area contributed by atoms with E-state index in [-0.39, 0.29) is 11.8 Å². The molecule has 0 bridgehead atoms. The Morgan fingerprint density at radius 3 is 2.47 bits per heavy atom. The quantitative estimate of drug-likeness (QED) is 0.835. The highest BCUT2D eigenvalue weighted by atomic mass is 16.2. The zero-order valence-corrected chi connectivity index (χ0v) is 11.8. The smallest absolute Gasteiger partial charge is 0.247 e. The lowest BCUT2D eigenvalue weighted by atomic mass is 9.93. The third-order valence-corrected chi connectivity index (χ3v) is 3.43. The third kappa shape index (κ3) is 3.11. The highest BCUT2D eigenvalue weighted by molar-refractivity contribution is 5.79. The molecule has 1 aromatic heterocycles. The van der Waals surface area contributed by atoms with Crippen LogP contribution in [0.3, 0.4) is 0 Å². The second-order valence-electron chi connectivity index (χ2n) is 4.95. The van der Waals surface area contributed by atoms with Crippen LogP contribution >= 0.6 is 0 Å². The van der Waals surface area contributed by atoms with E-state index in [2.05, 4.69) is 24.2 Å². The molecule has 0 unspecified atom stereocenters. The Balaban J connectivity index is 2.15. The van der Waals surface area contributed by atoms with Crippen LogP contribution in [0.15, 0.2) is 36.4 Å². The number of carbonyl (C=O) groups is 1. The molecule has 3 heteroatoms. The van der Waals surface area contributed by atoms with Crippen molar-refractivity contribution in [3.8, 4) is 0 Å². The van der Waals surface area contributed by atoms with Crippen molar-refractivity contribution in [2.75, 3.05) is 0 Å². The van der Waals surface area contributed by atoms with E-state index in [0.717, 1.165) is 17.8 Å². The van der Waals surface area contributed by atoms with Crippen molar-refractivity contribution in [3.63, 3.8) is 0 Å². The molecule has 1 atom stereocenters. The van der Waals surface area contributed by atoms with Gasteiger partial charge in [-0.3, -0.25) is 4.79 Å². The molecule has 0 aliphatic carbocycles. The Labute approximate surface area is 114 Å². The molecular formula is C16H20N2O. The molecule has 0 saturated carbocycles. The number of carbonyl (C=O) groups excluding carboxylic acids is 1. The number of aromatic nitrogens is 2. The fraction of sp³-hybridized carbons (Fsp3) is 0.375. The van der Waals surface area contributed by atoms with Crippen LogP contribution in [0.4, 0.5) is 0 Å². The minimum Gasteiger partial charge on any atom is -0.273 e. The Kier molecular flexibility index (Phi) is 4.15. The minimum atomic E-state index is 0.0707. The lowest BCUT2D eigenvalue weighted by molar-refractivity contribution is 0.0873. The molecule has 0 radical (unpaired) electrons. The number of nitrogens with zero attached hydrogens (tertiary/aromatic N) is 2. The second-order valence-corrected chi connectivity index (χ2v) is 4.95. The first-order valence-corrected chi connectivity index (χ1v) is 6.73. The zero-order chi connectivity index (χ0) is 13.8. The van der Waals surface area contributed by atoms with E-state index in [1.165, 1.54) is 10.2 Å². The summed E-state index contributed by atoms with van der Waals surface area (Å²) in [6.45, 7) is 5.94. The van der Waals surface area contributed by atoms with Crippen molar-refractivity contribution in [1.29, 1.82) is 0 Å². The summed E-state index contributed by atoms with van der Waals surface area (Å²) in [7, 11) is 0. The van der Waals surface area contributed by atoms with Crippen molar-refractivity contribution in [1.82, 2.24) is 9.78 Å². The molecule has 2 aromatic rings. The monoisotopic (exact) mass is 256 g/mol. The standard InChI is InChI=1S/C16H20N2O/c1-4-14(15-8-6-5-7-9-15)11-16(19)18-13(3)10-12(2)17-18/h5-10,14H,4,11H2,1-3H3/t14-/m1/s1. The Hall–Kier alpha value is -1.90. The van der Waals surface area contributed by atoms with Gasteiger partial charge in [-0.05, 0) is 37.8 Å². The lowest BCUT2D eigenvalue weighted by Crippen LogP contribution is -2.17. The molecule has 19 heavy (non-hydrogen) atoms. The van der Waals surface area contributed by atoms with Crippen LogP contribution in [0.25, 0.3) is 0 Å². The van der Waals surface area contributed by atoms with Crippen molar-refractivity contribution in [3.05, 3.63) is 53.3 Å². The summed E-state index contributed by atoms with van der Waals surface area (Å²) < 4.78 is 1.53. The van der Waals surface area contributed by atoms with Gasteiger partial charge in [0.1, 0.15) is 0 Å². The predicted octanol–water partition coefficient (Wildman–Crippen LogP) is 3.72. The maximum absolute atomic E-state index is 12.3. The minimum absolute atomic E-state index is 0.0707. The number of benzene rings is 1. The molecule has 0 amide bonds. The maximum Gasteiger partial charge on any atom is 0.247 e. The highest BCUT2D eigenvalue weighted by Gasteiger charge is 2.17. The lowest BCUT2D eigenvalue weighted by Gasteiger charge is -2.14. The van der Waals surface area contributed by atoms with Crippen LogP contribution in [0, 0.1) is 13.8 Å². The van der Waals surface area contributed by atoms with Crippen LogP contribution in [-0.4, -0.2) is 15.7 Å². The summed E-state index contributed by atoms with van der Waals surface area (Å²) >= 11 is 0. The van der Waals surface area contributed by atoms with Gasteiger partial charge in [0, 0.05) is 12.1 Å². The summed E-state index contributed by atoms with van der Waals surface area (Å²) in [6, 6.07) is 12.1. The largest absolute Gasteiger partial charge is 0.273 e. The first-order valence-electron chi connectivity index (χ1n) is 6.73. The normalized spacial score (nSPS) is 12.4. The number of rotatable bonds is 4. The van der Waals surface area contributed by atoms with E-state index in [4.69, 9.17) is 0 Å². The van der Waals surface area contributed by atoms with E-state index in [0.29, 0.717) is 6.42 Å². The molecular weight excluding hydrogens is 236 g/mol. The molecule has 1 aromatic carbocycles. The second kappa shape index (κ2) is 5.83. The van der Waals surface area contributed by atoms with Gasteiger partial charge in [0.25, 0.3) is 0 Å². The van der Waals surface area contributed by atoms with Crippen LogP contribution in [0.2, 0.25) is 0 Å². The van der Waals surface area contributed by atoms with Gasteiger partial charge in [0.05, 0.1) is 5.69 Å². The first kappa shape index (κ1) is 13.5. The van der Waals surface area contributed by atoms with Gasteiger partial charge < -0.3 is 0 Å². The molecule has 0 aliphatic heterocycles. The molecule has 2 rings (SSSR count). The molecule has 3 nitrogen and oxygen atoms in total. The molecule has 0 spiro atoms. The van der Waals surface area contributed by atoms with Gasteiger partial charge in [-0.1, -0.05) is 37.3 Å². The van der Waals surface area contributed by atoms with E-state index in [9.17, 15) is 4.79 Å². The number of hydrogen-bond acceptors (Lipinski definition) is 2. The van der Waals surface area contributed by atoms with Crippen molar-refractivity contribution in [2.24, 2.45) is 0 Å². The van der Waals surface area contributed by atoms with Gasteiger partial charge in [0.2, 0.25) is 5.91 Å². The number of hydrogen-bond donors (Lipinski definition) is 0. The van der Waals surface area contributed by atoms with Crippen LogP contribution < -0.4 is 0 Å². The van der Waals surface area contributed by atoms with Gasteiger partial charge >= 0.3 is 0 Å². The van der Waals surface area contributed by atoms with E-state index in [1.807, 2.05) is 38.1 Å². The molecule has 100 valence electrons. The van der Waals surface area contributed by atoms with Gasteiger partial charge in [-0.2, -0.15) is 5.10 Å². The predicted molar refractivity (Wildman–Crippen MR) is 76.4 cm³/mol. The summed E-state index contributed by atoms with van der Waals surface area (Å²) in [5.74, 6) is 0.332. The SMILES string of the molecule is CC[C@H](CC(=O)n1nc(C)cc1C)c1ccccc1. The highest BCUT2D eigenvalue weighted by Crippen LogP contribution is 2.23. The Bertz CT molecular complexity index is 557. The fourth-order valence-corrected chi connectivity index (χ4v) is 2.40. The molecule has 1 heterocycles. The zero-order valence-electron chi connectivity index (χ0n) is 11.8. The molecule has 0 N–H and O–H groups in total. The Morgan fingerprint density at radius 2 is 1.95 bits per heavy atom. The molecule has 0 saturated heterocycles. The summed E-state index contributed by atoms with van der Waals surface area (Å²) in [6.07, 6.45) is 1.46. The average molecular weight is 256 g/mol. The topological polar surface area (TPSA) is 34.9 Å². The van der Waals surface area contributed by atoms with Crippen LogP contribution in [0.5, 0.6) is 0 Å². The Morgan fingerprint density at radius 1 is 1.26 bits per heavy atom.